The van der Waals surface area contributed by atoms with Crippen LogP contribution in [0.4, 0.5) is 13.2 Å². The lowest BCUT2D eigenvalue weighted by atomic mass is 10.0. The molecular weight excluding hydrogens is 447 g/mol. The zero-order valence-electron chi connectivity index (χ0n) is 17.8. The summed E-state index contributed by atoms with van der Waals surface area (Å²) in [7, 11) is 0. The third-order valence-electron chi connectivity index (χ3n) is 5.44. The van der Waals surface area contributed by atoms with Gasteiger partial charge >= 0.3 is 12.1 Å². The first-order valence-corrected chi connectivity index (χ1v) is 10.4. The molecule has 0 saturated carbocycles. The number of hydrogen-bond donors (Lipinski definition) is 2. The number of carboxylic acid groups (broad SMARTS) is 1. The Morgan fingerprint density at radius 1 is 0.971 bits per heavy atom. The lowest BCUT2D eigenvalue weighted by Gasteiger charge is -2.10. The van der Waals surface area contributed by atoms with E-state index in [9.17, 15) is 22.8 Å². The number of aromatic carboxylic acids is 1. The molecule has 0 bridgehead atoms. The predicted octanol–water partition coefficient (Wildman–Crippen LogP) is 4.61. The molecule has 4 aromatic rings. The maximum Gasteiger partial charge on any atom is 0.416 e. The molecule has 0 aliphatic carbocycles. The van der Waals surface area contributed by atoms with E-state index in [-0.39, 0.29) is 11.5 Å². The molecule has 0 unspecified atom stereocenters. The number of alkyl halides is 3. The first kappa shape index (κ1) is 23.0. The summed E-state index contributed by atoms with van der Waals surface area (Å²) < 4.78 is 40.1. The number of nitrogens with one attached hydrogen (secondary N) is 1. The number of nitrogens with zero attached hydrogens (tertiary/aromatic N) is 2. The third kappa shape index (κ3) is 5.09. The normalized spacial score (nSPS) is 11.5. The Kier molecular flexibility index (Phi) is 6.36. The molecule has 2 N–H and O–H groups in total. The minimum Gasteiger partial charge on any atom is -0.478 e. The molecule has 1 amide bonds. The van der Waals surface area contributed by atoms with E-state index in [1.165, 1.54) is 30.5 Å². The van der Waals surface area contributed by atoms with Gasteiger partial charge in [0.15, 0.2) is 0 Å². The molecule has 0 aliphatic heterocycles. The van der Waals surface area contributed by atoms with Crippen molar-refractivity contribution in [2.45, 2.75) is 19.0 Å². The van der Waals surface area contributed by atoms with Crippen molar-refractivity contribution in [3.63, 3.8) is 0 Å². The van der Waals surface area contributed by atoms with Crippen LogP contribution < -0.4 is 5.32 Å². The van der Waals surface area contributed by atoms with Gasteiger partial charge in [-0.3, -0.25) is 4.79 Å². The van der Waals surface area contributed by atoms with Crippen LogP contribution in [0.1, 0.15) is 43.0 Å². The zero-order chi connectivity index (χ0) is 24.3. The number of carbonyl (C=O) groups excluding carboxylic acids is 1. The number of rotatable bonds is 7. The first-order chi connectivity index (χ1) is 16.2. The Morgan fingerprint density at radius 2 is 1.65 bits per heavy atom. The lowest BCUT2D eigenvalue weighted by molar-refractivity contribution is -0.137. The largest absolute Gasteiger partial charge is 0.478 e. The van der Waals surface area contributed by atoms with E-state index < -0.39 is 17.7 Å². The van der Waals surface area contributed by atoms with E-state index in [2.05, 4.69) is 10.4 Å². The quantitative estimate of drug-likeness (QED) is 0.416. The minimum atomic E-state index is -4.40. The predicted molar refractivity (Wildman–Crippen MR) is 119 cm³/mol. The van der Waals surface area contributed by atoms with Crippen LogP contribution in [0.25, 0.3) is 5.52 Å². The average molecular weight is 467 g/mol. The summed E-state index contributed by atoms with van der Waals surface area (Å²) >= 11 is 0. The Bertz CT molecular complexity index is 1330. The number of amides is 1. The van der Waals surface area contributed by atoms with Crippen LogP contribution in [0.3, 0.4) is 0 Å². The Balaban J connectivity index is 1.47. The van der Waals surface area contributed by atoms with Gasteiger partial charge in [-0.15, -0.1) is 0 Å². The molecule has 2 aromatic carbocycles. The smallest absolute Gasteiger partial charge is 0.416 e. The monoisotopic (exact) mass is 467 g/mol. The highest BCUT2D eigenvalue weighted by molar-refractivity contribution is 6.01. The molecule has 174 valence electrons. The van der Waals surface area contributed by atoms with Crippen molar-refractivity contribution in [3.05, 3.63) is 106 Å². The Labute approximate surface area is 192 Å². The average Bonchev–Trinajstić information content (AvgIpc) is 3.24. The van der Waals surface area contributed by atoms with Gasteiger partial charge in [0.2, 0.25) is 0 Å². The number of hydrogen-bond acceptors (Lipinski definition) is 3. The molecule has 0 radical (unpaired) electrons. The van der Waals surface area contributed by atoms with Crippen LogP contribution in [0.2, 0.25) is 0 Å². The molecule has 6 nitrogen and oxygen atoms in total. The first-order valence-electron chi connectivity index (χ1n) is 10.4. The van der Waals surface area contributed by atoms with Crippen LogP contribution in [0, 0.1) is 0 Å². The molecule has 0 aliphatic rings. The summed E-state index contributed by atoms with van der Waals surface area (Å²) in [5.41, 5.74) is 2.76. The van der Waals surface area contributed by atoms with Crippen LogP contribution >= 0.6 is 0 Å². The maximum absolute atomic E-state index is 12.8. The standard InChI is InChI=1S/C25H20F3N3O3/c26-25(27,28)20-9-5-17(6-10-20)14-19-2-1-13-31-22(19)21(15-30-31)23(32)29-12-11-16-3-7-18(8-4-16)24(33)34/h1-10,13,15H,11-12,14H2,(H,29,32)(H,33,34). The van der Waals surface area contributed by atoms with E-state index in [0.29, 0.717) is 36.0 Å². The number of benzene rings is 2. The molecule has 4 rings (SSSR count). The topological polar surface area (TPSA) is 83.7 Å². The molecule has 0 spiro atoms. The van der Waals surface area contributed by atoms with Gasteiger partial charge in [-0.05, 0) is 59.9 Å². The minimum absolute atomic E-state index is 0.194. The van der Waals surface area contributed by atoms with Gasteiger partial charge in [0.05, 0.1) is 28.4 Å². The van der Waals surface area contributed by atoms with E-state index in [4.69, 9.17) is 5.11 Å². The van der Waals surface area contributed by atoms with Crippen molar-refractivity contribution in [2.24, 2.45) is 0 Å². The van der Waals surface area contributed by atoms with Crippen LogP contribution in [0.5, 0.6) is 0 Å². The summed E-state index contributed by atoms with van der Waals surface area (Å²) in [4.78, 5) is 23.8. The summed E-state index contributed by atoms with van der Waals surface area (Å²) in [6.07, 6.45) is -0.379. The summed E-state index contributed by atoms with van der Waals surface area (Å²) in [6.45, 7) is 0.337. The van der Waals surface area contributed by atoms with Crippen LogP contribution in [-0.2, 0) is 19.0 Å². The van der Waals surface area contributed by atoms with Gasteiger partial charge < -0.3 is 10.4 Å². The number of halogens is 3. The fourth-order valence-corrected chi connectivity index (χ4v) is 3.68. The van der Waals surface area contributed by atoms with Crippen molar-refractivity contribution in [1.82, 2.24) is 14.9 Å². The van der Waals surface area contributed by atoms with E-state index in [0.717, 1.165) is 23.3 Å². The molecule has 9 heteroatoms. The van der Waals surface area contributed by atoms with Crippen LogP contribution in [0.15, 0.2) is 73.1 Å². The van der Waals surface area contributed by atoms with Gasteiger partial charge in [-0.1, -0.05) is 30.3 Å². The zero-order valence-corrected chi connectivity index (χ0v) is 17.8. The van der Waals surface area contributed by atoms with Crippen molar-refractivity contribution in [2.75, 3.05) is 6.54 Å². The second-order valence-corrected chi connectivity index (χ2v) is 7.76. The van der Waals surface area contributed by atoms with Crippen LogP contribution in [-0.4, -0.2) is 33.1 Å². The molecule has 0 saturated heterocycles. The Morgan fingerprint density at radius 3 is 2.29 bits per heavy atom. The van der Waals surface area contributed by atoms with Gasteiger partial charge in [0.1, 0.15) is 0 Å². The second-order valence-electron chi connectivity index (χ2n) is 7.76. The fraction of sp³-hybridized carbons (Fsp3) is 0.160. The van der Waals surface area contributed by atoms with Gasteiger partial charge in [-0.2, -0.15) is 18.3 Å². The second kappa shape index (κ2) is 9.38. The highest BCUT2D eigenvalue weighted by Gasteiger charge is 2.30. The number of pyridine rings is 1. The number of fused-ring (bicyclic) bond motifs is 1. The molecule has 2 heterocycles. The van der Waals surface area contributed by atoms with Crippen molar-refractivity contribution in [1.29, 1.82) is 0 Å². The SMILES string of the molecule is O=C(O)c1ccc(CCNC(=O)c2cnn3cccc(Cc4ccc(C(F)(F)F)cc4)c23)cc1. The maximum atomic E-state index is 12.8. The highest BCUT2D eigenvalue weighted by Crippen LogP contribution is 2.29. The third-order valence-corrected chi connectivity index (χ3v) is 5.44. The highest BCUT2D eigenvalue weighted by atomic mass is 19.4. The molecule has 0 atom stereocenters. The molecule has 0 fully saturated rings. The van der Waals surface area contributed by atoms with Crippen molar-refractivity contribution in [3.8, 4) is 0 Å². The molecule has 34 heavy (non-hydrogen) atoms. The number of carbonyl (C=O) groups is 2. The summed E-state index contributed by atoms with van der Waals surface area (Å²) in [5.74, 6) is -1.32. The van der Waals surface area contributed by atoms with E-state index in [1.807, 2.05) is 6.07 Å². The van der Waals surface area contributed by atoms with Gasteiger partial charge in [-0.25, -0.2) is 9.31 Å². The van der Waals surface area contributed by atoms with Gasteiger partial charge in [0, 0.05) is 12.7 Å². The van der Waals surface area contributed by atoms with Crippen molar-refractivity contribution >= 4 is 17.4 Å². The fourth-order valence-electron chi connectivity index (χ4n) is 3.68. The summed E-state index contributed by atoms with van der Waals surface area (Å²) in [5, 5.41) is 16.0. The molecular formula is C25H20F3N3O3. The number of carboxylic acids is 1. The number of aromatic nitrogens is 2. The molecule has 2 aromatic heterocycles. The van der Waals surface area contributed by atoms with E-state index in [1.54, 1.807) is 28.9 Å². The van der Waals surface area contributed by atoms with Gasteiger partial charge in [0.25, 0.3) is 5.91 Å². The van der Waals surface area contributed by atoms with E-state index >= 15 is 0 Å². The summed E-state index contributed by atoms with van der Waals surface area (Å²) in [6, 6.07) is 15.0. The van der Waals surface area contributed by atoms with Crippen molar-refractivity contribution < 1.29 is 27.9 Å². The lowest BCUT2D eigenvalue weighted by Crippen LogP contribution is -2.25. The Hall–Kier alpha value is -4.14.